The molecule has 27 heavy (non-hydrogen) atoms. The van der Waals surface area contributed by atoms with Crippen molar-refractivity contribution < 1.29 is 4.79 Å². The molecule has 132 valence electrons. The SMILES string of the molecule is O=C1c2c(cccc2-c2ccncc2)CN1CCc1ccc2sccc2n1. The zero-order valence-electron chi connectivity index (χ0n) is 14.6. The maximum Gasteiger partial charge on any atom is 0.255 e. The molecule has 1 aliphatic rings. The van der Waals surface area contributed by atoms with Crippen LogP contribution in [-0.2, 0) is 13.0 Å². The summed E-state index contributed by atoms with van der Waals surface area (Å²) in [5.41, 5.74) is 6.00. The third-order valence-corrected chi connectivity index (χ3v) is 5.88. The van der Waals surface area contributed by atoms with E-state index in [1.165, 1.54) is 4.70 Å². The summed E-state index contributed by atoms with van der Waals surface area (Å²) in [4.78, 5) is 23.8. The van der Waals surface area contributed by atoms with Crippen LogP contribution in [-0.4, -0.2) is 27.3 Å². The van der Waals surface area contributed by atoms with Crippen molar-refractivity contribution in [2.75, 3.05) is 6.54 Å². The second-order valence-electron chi connectivity index (χ2n) is 6.66. The van der Waals surface area contributed by atoms with Crippen LogP contribution in [0.15, 0.2) is 66.3 Å². The zero-order chi connectivity index (χ0) is 18.2. The van der Waals surface area contributed by atoms with Crippen LogP contribution in [0.1, 0.15) is 21.6 Å². The second-order valence-corrected chi connectivity index (χ2v) is 7.61. The molecule has 1 aliphatic heterocycles. The van der Waals surface area contributed by atoms with Crippen molar-refractivity contribution >= 4 is 27.5 Å². The molecule has 0 aliphatic carbocycles. The van der Waals surface area contributed by atoms with Gasteiger partial charge in [-0.1, -0.05) is 18.2 Å². The van der Waals surface area contributed by atoms with Crippen LogP contribution >= 0.6 is 11.3 Å². The lowest BCUT2D eigenvalue weighted by Gasteiger charge is -2.15. The Morgan fingerprint density at radius 1 is 1.04 bits per heavy atom. The Morgan fingerprint density at radius 2 is 1.93 bits per heavy atom. The molecule has 0 spiro atoms. The van der Waals surface area contributed by atoms with Gasteiger partial charge in [-0.15, -0.1) is 11.3 Å². The molecular formula is C22H17N3OS. The molecule has 0 radical (unpaired) electrons. The summed E-state index contributed by atoms with van der Waals surface area (Å²) in [6.07, 6.45) is 4.28. The van der Waals surface area contributed by atoms with E-state index in [1.54, 1.807) is 23.7 Å². The standard InChI is InChI=1S/C22H17N3OS/c26-22-21-16(2-1-3-18(21)15-6-10-23-11-7-15)14-25(22)12-8-17-4-5-20-19(24-17)9-13-27-20/h1-7,9-11,13H,8,12,14H2. The molecule has 4 nitrogen and oxygen atoms in total. The number of amides is 1. The first kappa shape index (κ1) is 16.1. The average molecular weight is 371 g/mol. The van der Waals surface area contributed by atoms with E-state index in [-0.39, 0.29) is 5.91 Å². The molecule has 0 saturated carbocycles. The van der Waals surface area contributed by atoms with Gasteiger partial charge in [-0.3, -0.25) is 14.8 Å². The van der Waals surface area contributed by atoms with Crippen LogP contribution in [0.4, 0.5) is 0 Å². The van der Waals surface area contributed by atoms with Gasteiger partial charge in [0.25, 0.3) is 5.91 Å². The lowest BCUT2D eigenvalue weighted by molar-refractivity contribution is 0.0780. The largest absolute Gasteiger partial charge is 0.334 e. The summed E-state index contributed by atoms with van der Waals surface area (Å²) in [5.74, 6) is 0.106. The summed E-state index contributed by atoms with van der Waals surface area (Å²) in [7, 11) is 0. The predicted molar refractivity (Wildman–Crippen MR) is 108 cm³/mol. The number of nitrogens with zero attached hydrogens (tertiary/aromatic N) is 3. The van der Waals surface area contributed by atoms with Gasteiger partial charge in [0.1, 0.15) is 0 Å². The normalized spacial score (nSPS) is 13.3. The minimum atomic E-state index is 0.106. The van der Waals surface area contributed by atoms with Gasteiger partial charge >= 0.3 is 0 Å². The lowest BCUT2D eigenvalue weighted by atomic mass is 9.97. The number of fused-ring (bicyclic) bond motifs is 2. The molecule has 0 saturated heterocycles. The molecule has 0 bridgehead atoms. The first-order valence-corrected chi connectivity index (χ1v) is 9.82. The van der Waals surface area contributed by atoms with Gasteiger partial charge in [0.15, 0.2) is 0 Å². The van der Waals surface area contributed by atoms with Gasteiger partial charge in [0.05, 0.1) is 15.8 Å². The number of carbonyl (C=O) groups excluding carboxylic acids is 1. The van der Waals surface area contributed by atoms with E-state index in [1.807, 2.05) is 41.3 Å². The molecule has 1 amide bonds. The summed E-state index contributed by atoms with van der Waals surface area (Å²) in [6.45, 7) is 1.33. The Bertz CT molecular complexity index is 1140. The molecule has 1 aromatic carbocycles. The number of carbonyl (C=O) groups is 1. The third-order valence-electron chi connectivity index (χ3n) is 5.01. The predicted octanol–water partition coefficient (Wildman–Crippen LogP) is 4.56. The van der Waals surface area contributed by atoms with Gasteiger partial charge in [0.2, 0.25) is 0 Å². The van der Waals surface area contributed by atoms with Crippen molar-refractivity contribution in [3.05, 3.63) is 83.1 Å². The average Bonchev–Trinajstić information content (AvgIpc) is 3.31. The van der Waals surface area contributed by atoms with E-state index in [2.05, 4.69) is 22.5 Å². The van der Waals surface area contributed by atoms with E-state index in [0.717, 1.165) is 39.9 Å². The highest BCUT2D eigenvalue weighted by Gasteiger charge is 2.29. The highest BCUT2D eigenvalue weighted by Crippen LogP contribution is 2.32. The van der Waals surface area contributed by atoms with Gasteiger partial charge < -0.3 is 4.90 Å². The fourth-order valence-corrected chi connectivity index (χ4v) is 4.38. The minimum Gasteiger partial charge on any atom is -0.334 e. The number of benzene rings is 1. The Balaban J connectivity index is 1.38. The van der Waals surface area contributed by atoms with Gasteiger partial charge in [-0.2, -0.15) is 0 Å². The third kappa shape index (κ3) is 2.90. The van der Waals surface area contributed by atoms with Crippen molar-refractivity contribution in [1.82, 2.24) is 14.9 Å². The Morgan fingerprint density at radius 3 is 2.81 bits per heavy atom. The fourth-order valence-electron chi connectivity index (χ4n) is 3.66. The fraction of sp³-hybridized carbons (Fsp3) is 0.136. The van der Waals surface area contributed by atoms with Crippen LogP contribution in [0.2, 0.25) is 0 Å². The van der Waals surface area contributed by atoms with Crippen molar-refractivity contribution in [2.24, 2.45) is 0 Å². The maximum absolute atomic E-state index is 13.1. The first-order chi connectivity index (χ1) is 13.3. The van der Waals surface area contributed by atoms with Crippen molar-refractivity contribution in [3.8, 4) is 11.1 Å². The van der Waals surface area contributed by atoms with Gasteiger partial charge in [-0.05, 0) is 52.4 Å². The molecular weight excluding hydrogens is 354 g/mol. The van der Waals surface area contributed by atoms with Crippen molar-refractivity contribution in [3.63, 3.8) is 0 Å². The summed E-state index contributed by atoms with van der Waals surface area (Å²) >= 11 is 1.70. The quantitative estimate of drug-likeness (QED) is 0.528. The molecule has 3 aromatic heterocycles. The highest BCUT2D eigenvalue weighted by atomic mass is 32.1. The first-order valence-electron chi connectivity index (χ1n) is 8.94. The monoisotopic (exact) mass is 371 g/mol. The highest BCUT2D eigenvalue weighted by molar-refractivity contribution is 7.17. The zero-order valence-corrected chi connectivity index (χ0v) is 15.4. The van der Waals surface area contributed by atoms with E-state index in [4.69, 9.17) is 4.98 Å². The van der Waals surface area contributed by atoms with Crippen molar-refractivity contribution in [2.45, 2.75) is 13.0 Å². The van der Waals surface area contributed by atoms with E-state index >= 15 is 0 Å². The van der Waals surface area contributed by atoms with Crippen molar-refractivity contribution in [1.29, 1.82) is 0 Å². The van der Waals surface area contributed by atoms with E-state index < -0.39 is 0 Å². The Hall–Kier alpha value is -3.05. The summed E-state index contributed by atoms with van der Waals surface area (Å²) in [5, 5.41) is 2.06. The topological polar surface area (TPSA) is 46.1 Å². The number of hydrogen-bond acceptors (Lipinski definition) is 4. The number of hydrogen-bond donors (Lipinski definition) is 0. The van der Waals surface area contributed by atoms with Gasteiger partial charge in [-0.25, -0.2) is 0 Å². The second kappa shape index (κ2) is 6.59. The Kier molecular flexibility index (Phi) is 3.94. The summed E-state index contributed by atoms with van der Waals surface area (Å²) in [6, 6.07) is 16.2. The van der Waals surface area contributed by atoms with Crippen LogP contribution in [0.3, 0.4) is 0 Å². The van der Waals surface area contributed by atoms with Crippen LogP contribution in [0.5, 0.6) is 0 Å². The smallest absolute Gasteiger partial charge is 0.255 e. The molecule has 5 rings (SSSR count). The summed E-state index contributed by atoms with van der Waals surface area (Å²) < 4.78 is 1.20. The van der Waals surface area contributed by atoms with E-state index in [9.17, 15) is 4.79 Å². The molecule has 4 heterocycles. The van der Waals surface area contributed by atoms with Crippen LogP contribution in [0.25, 0.3) is 21.3 Å². The molecule has 0 atom stereocenters. The Labute approximate surface area is 161 Å². The van der Waals surface area contributed by atoms with Crippen LogP contribution in [0, 0.1) is 0 Å². The van der Waals surface area contributed by atoms with E-state index in [0.29, 0.717) is 13.1 Å². The number of thiophene rings is 1. The number of rotatable bonds is 4. The molecule has 0 N–H and O–H groups in total. The molecule has 0 fully saturated rings. The molecule has 0 unspecified atom stereocenters. The maximum atomic E-state index is 13.1. The van der Waals surface area contributed by atoms with Gasteiger partial charge in [0, 0.05) is 37.6 Å². The lowest BCUT2D eigenvalue weighted by Crippen LogP contribution is -2.26. The molecule has 4 aromatic rings. The molecule has 5 heteroatoms. The minimum absolute atomic E-state index is 0.106. The van der Waals surface area contributed by atoms with Crippen LogP contribution < -0.4 is 0 Å². The number of aromatic nitrogens is 2. The number of pyridine rings is 2.